The quantitative estimate of drug-likeness (QED) is 0.850. The molecule has 2 aliphatic carbocycles. The molecule has 1 aromatic heterocycles. The van der Waals surface area contributed by atoms with Gasteiger partial charge in [-0.15, -0.1) is 0 Å². The van der Waals surface area contributed by atoms with Crippen molar-refractivity contribution in [3.63, 3.8) is 0 Å². The van der Waals surface area contributed by atoms with E-state index in [0.29, 0.717) is 11.1 Å². The first-order chi connectivity index (χ1) is 11.8. The van der Waals surface area contributed by atoms with Gasteiger partial charge in [0.2, 0.25) is 0 Å². The number of hydrogen-bond acceptors (Lipinski definition) is 2. The first kappa shape index (κ1) is 14.3. The first-order valence-corrected chi connectivity index (χ1v) is 9.21. The molecule has 2 aromatic rings. The molecule has 124 valence electrons. The van der Waals surface area contributed by atoms with Crippen molar-refractivity contribution in [2.75, 3.05) is 13.1 Å². The maximum Gasteiger partial charge on any atom is 0.274 e. The standard InChI is InChI=1S/C20H23N3O/c24-19(22-13-5-10-20(14-22)11-12-20)18-16-8-4-9-17(16)23(21-18)15-6-2-1-3-7-15/h1-3,6-7H,4-5,8-14H2. The largest absolute Gasteiger partial charge is 0.337 e. The molecule has 4 nitrogen and oxygen atoms in total. The van der Waals surface area contributed by atoms with Crippen LogP contribution in [0.25, 0.3) is 5.69 Å². The van der Waals surface area contributed by atoms with Crippen molar-refractivity contribution in [2.45, 2.75) is 44.9 Å². The fourth-order valence-electron chi connectivity index (χ4n) is 4.51. The minimum atomic E-state index is 0.161. The smallest absolute Gasteiger partial charge is 0.274 e. The zero-order valence-corrected chi connectivity index (χ0v) is 14.0. The number of carbonyl (C=O) groups is 1. The molecule has 0 atom stereocenters. The number of carbonyl (C=O) groups excluding carboxylic acids is 1. The molecule has 2 heterocycles. The third-order valence-electron chi connectivity index (χ3n) is 6.04. The van der Waals surface area contributed by atoms with Crippen LogP contribution < -0.4 is 0 Å². The van der Waals surface area contributed by atoms with Crippen molar-refractivity contribution in [1.29, 1.82) is 0 Å². The zero-order chi connectivity index (χ0) is 16.1. The Kier molecular flexibility index (Phi) is 3.09. The minimum absolute atomic E-state index is 0.161. The summed E-state index contributed by atoms with van der Waals surface area (Å²) in [5, 5.41) is 4.77. The Balaban J connectivity index is 1.51. The highest BCUT2D eigenvalue weighted by atomic mass is 16.2. The van der Waals surface area contributed by atoms with Crippen LogP contribution in [0.15, 0.2) is 30.3 Å². The van der Waals surface area contributed by atoms with Crippen LogP contribution in [0.4, 0.5) is 0 Å². The monoisotopic (exact) mass is 321 g/mol. The Morgan fingerprint density at radius 1 is 1.04 bits per heavy atom. The van der Waals surface area contributed by atoms with Crippen molar-refractivity contribution in [2.24, 2.45) is 5.41 Å². The molecular weight excluding hydrogens is 298 g/mol. The molecule has 1 aliphatic heterocycles. The van der Waals surface area contributed by atoms with Gasteiger partial charge in [-0.2, -0.15) is 5.10 Å². The fourth-order valence-corrected chi connectivity index (χ4v) is 4.51. The van der Waals surface area contributed by atoms with E-state index in [9.17, 15) is 4.79 Å². The second kappa shape index (κ2) is 5.20. The lowest BCUT2D eigenvalue weighted by Crippen LogP contribution is -2.41. The predicted molar refractivity (Wildman–Crippen MR) is 92.4 cm³/mol. The van der Waals surface area contributed by atoms with Gasteiger partial charge in [-0.1, -0.05) is 18.2 Å². The van der Waals surface area contributed by atoms with Crippen molar-refractivity contribution >= 4 is 5.91 Å². The number of rotatable bonds is 2. The van der Waals surface area contributed by atoms with Gasteiger partial charge < -0.3 is 4.90 Å². The molecule has 24 heavy (non-hydrogen) atoms. The van der Waals surface area contributed by atoms with Crippen LogP contribution in [0, 0.1) is 5.41 Å². The number of aromatic nitrogens is 2. The average molecular weight is 321 g/mol. The summed E-state index contributed by atoms with van der Waals surface area (Å²) in [5.41, 5.74) is 4.66. The molecule has 1 saturated carbocycles. The summed E-state index contributed by atoms with van der Waals surface area (Å²) in [6.45, 7) is 1.84. The third-order valence-corrected chi connectivity index (χ3v) is 6.04. The van der Waals surface area contributed by atoms with Crippen LogP contribution in [-0.4, -0.2) is 33.7 Å². The van der Waals surface area contributed by atoms with Crippen LogP contribution in [0.1, 0.15) is 53.8 Å². The molecule has 4 heteroatoms. The Morgan fingerprint density at radius 3 is 2.67 bits per heavy atom. The number of piperidine rings is 1. The highest BCUT2D eigenvalue weighted by Gasteiger charge is 2.47. The van der Waals surface area contributed by atoms with Crippen molar-refractivity contribution < 1.29 is 4.79 Å². The lowest BCUT2D eigenvalue weighted by atomic mass is 9.94. The zero-order valence-electron chi connectivity index (χ0n) is 14.0. The van der Waals surface area contributed by atoms with Gasteiger partial charge in [0.15, 0.2) is 5.69 Å². The lowest BCUT2D eigenvalue weighted by molar-refractivity contribution is 0.0647. The van der Waals surface area contributed by atoms with E-state index in [1.165, 1.54) is 30.5 Å². The summed E-state index contributed by atoms with van der Waals surface area (Å²) in [6.07, 6.45) is 8.18. The highest BCUT2D eigenvalue weighted by molar-refractivity contribution is 5.94. The van der Waals surface area contributed by atoms with Gasteiger partial charge in [-0.3, -0.25) is 4.79 Å². The maximum absolute atomic E-state index is 13.2. The normalized spacial score (nSPS) is 21.1. The van der Waals surface area contributed by atoms with E-state index in [0.717, 1.165) is 44.5 Å². The Labute approximate surface area is 142 Å². The van der Waals surface area contributed by atoms with Crippen LogP contribution in [-0.2, 0) is 12.8 Å². The second-order valence-electron chi connectivity index (χ2n) is 7.71. The van der Waals surface area contributed by atoms with E-state index in [-0.39, 0.29) is 5.91 Å². The SMILES string of the molecule is O=C(c1nn(-c2ccccc2)c2c1CCC2)N1CCCC2(CC2)C1. The molecule has 0 N–H and O–H groups in total. The minimum Gasteiger partial charge on any atom is -0.337 e. The molecule has 0 unspecified atom stereocenters. The number of fused-ring (bicyclic) bond motifs is 1. The molecule has 5 rings (SSSR count). The summed E-state index contributed by atoms with van der Waals surface area (Å²) in [5.74, 6) is 0.161. The van der Waals surface area contributed by atoms with Gasteiger partial charge in [-0.25, -0.2) is 4.68 Å². The molecule has 0 radical (unpaired) electrons. The van der Waals surface area contributed by atoms with Gasteiger partial charge in [0, 0.05) is 24.3 Å². The second-order valence-corrected chi connectivity index (χ2v) is 7.71. The van der Waals surface area contributed by atoms with Crippen molar-refractivity contribution in [3.8, 4) is 5.69 Å². The van der Waals surface area contributed by atoms with Crippen LogP contribution in [0.5, 0.6) is 0 Å². The summed E-state index contributed by atoms with van der Waals surface area (Å²) in [6, 6.07) is 10.2. The van der Waals surface area contributed by atoms with Gasteiger partial charge in [0.1, 0.15) is 0 Å². The van der Waals surface area contributed by atoms with E-state index < -0.39 is 0 Å². The molecule has 1 amide bonds. The number of nitrogens with zero attached hydrogens (tertiary/aromatic N) is 3. The van der Waals surface area contributed by atoms with Crippen LogP contribution in [0.2, 0.25) is 0 Å². The topological polar surface area (TPSA) is 38.1 Å². The molecular formula is C20H23N3O. The Hall–Kier alpha value is -2.10. The van der Waals surface area contributed by atoms with Crippen molar-refractivity contribution in [3.05, 3.63) is 47.3 Å². The van der Waals surface area contributed by atoms with Crippen molar-refractivity contribution in [1.82, 2.24) is 14.7 Å². The van der Waals surface area contributed by atoms with E-state index in [1.54, 1.807) is 0 Å². The molecule has 1 spiro atoms. The number of hydrogen-bond donors (Lipinski definition) is 0. The molecule has 1 saturated heterocycles. The maximum atomic E-state index is 13.2. The number of para-hydroxylation sites is 1. The summed E-state index contributed by atoms with van der Waals surface area (Å²) in [4.78, 5) is 15.2. The van der Waals surface area contributed by atoms with Gasteiger partial charge in [0.25, 0.3) is 5.91 Å². The number of benzene rings is 1. The predicted octanol–water partition coefficient (Wildman–Crippen LogP) is 3.38. The Morgan fingerprint density at radius 2 is 1.88 bits per heavy atom. The van der Waals surface area contributed by atoms with Crippen LogP contribution >= 0.6 is 0 Å². The fraction of sp³-hybridized carbons (Fsp3) is 0.500. The number of likely N-dealkylation sites (tertiary alicyclic amines) is 1. The molecule has 3 aliphatic rings. The van der Waals surface area contributed by atoms with Crippen LogP contribution in [0.3, 0.4) is 0 Å². The molecule has 2 fully saturated rings. The van der Waals surface area contributed by atoms with Gasteiger partial charge >= 0.3 is 0 Å². The third kappa shape index (κ3) is 2.20. The first-order valence-electron chi connectivity index (χ1n) is 9.21. The van der Waals surface area contributed by atoms with E-state index >= 15 is 0 Å². The van der Waals surface area contributed by atoms with E-state index in [4.69, 9.17) is 5.10 Å². The average Bonchev–Trinajstić information content (AvgIpc) is 3.06. The van der Waals surface area contributed by atoms with E-state index in [1.807, 2.05) is 22.9 Å². The summed E-state index contributed by atoms with van der Waals surface area (Å²) >= 11 is 0. The highest BCUT2D eigenvalue weighted by Crippen LogP contribution is 2.52. The molecule has 1 aromatic carbocycles. The summed E-state index contributed by atoms with van der Waals surface area (Å²) < 4.78 is 2.01. The number of amides is 1. The Bertz CT molecular complexity index is 789. The summed E-state index contributed by atoms with van der Waals surface area (Å²) in [7, 11) is 0. The van der Waals surface area contributed by atoms with Gasteiger partial charge in [-0.05, 0) is 62.5 Å². The lowest BCUT2D eigenvalue weighted by Gasteiger charge is -2.32. The van der Waals surface area contributed by atoms with E-state index in [2.05, 4.69) is 17.0 Å². The molecule has 0 bridgehead atoms. The van der Waals surface area contributed by atoms with Gasteiger partial charge in [0.05, 0.1) is 5.69 Å².